The lowest BCUT2D eigenvalue weighted by atomic mass is 9.76. The summed E-state index contributed by atoms with van der Waals surface area (Å²) in [5.41, 5.74) is 0.727. The van der Waals surface area contributed by atoms with Crippen molar-refractivity contribution in [1.82, 2.24) is 9.88 Å². The van der Waals surface area contributed by atoms with E-state index in [1.807, 2.05) is 18.2 Å². The van der Waals surface area contributed by atoms with E-state index in [2.05, 4.69) is 10.6 Å². The minimum absolute atomic E-state index is 0. The van der Waals surface area contributed by atoms with E-state index in [9.17, 15) is 14.4 Å². The Kier molecular flexibility index (Phi) is 6.19. The zero-order chi connectivity index (χ0) is 22.6. The maximum absolute atomic E-state index is 13.2. The number of nitrogens with zero attached hydrogens (tertiary/aromatic N) is 1. The first-order valence-electron chi connectivity index (χ1n) is 12.5. The number of hydrogen-bond donors (Lipinski definition) is 2. The van der Waals surface area contributed by atoms with Crippen LogP contribution in [0.2, 0.25) is 0 Å². The predicted molar refractivity (Wildman–Crippen MR) is 131 cm³/mol. The highest BCUT2D eigenvalue weighted by Crippen LogP contribution is 2.43. The van der Waals surface area contributed by atoms with Crippen LogP contribution in [-0.4, -0.2) is 34.8 Å². The molecule has 3 heterocycles. The highest BCUT2D eigenvalue weighted by molar-refractivity contribution is 6.04. The Labute approximate surface area is 205 Å². The minimum Gasteiger partial charge on any atom is -0.426 e. The fraction of sp³-hybridized carbons (Fsp3) is 0.577. The number of halogens is 1. The summed E-state index contributed by atoms with van der Waals surface area (Å²) in [5, 5.41) is 7.37. The molecule has 2 aromatic rings. The molecule has 2 aliphatic carbocycles. The topological polar surface area (TPSA) is 89.4 Å². The van der Waals surface area contributed by atoms with Crippen molar-refractivity contribution >= 4 is 46.7 Å². The second-order valence-electron chi connectivity index (χ2n) is 10.2. The van der Waals surface area contributed by atoms with E-state index in [-0.39, 0.29) is 30.1 Å². The molecule has 1 aromatic carbocycles. The van der Waals surface area contributed by atoms with Crippen molar-refractivity contribution in [2.45, 2.75) is 76.0 Å². The number of Topliss-reactive ketones (excluding diaryl/α,β-unsaturated/α-hetero) is 1. The first-order chi connectivity index (χ1) is 16.1. The van der Waals surface area contributed by atoms with Crippen molar-refractivity contribution in [1.29, 1.82) is 0 Å². The highest BCUT2D eigenvalue weighted by atomic mass is 35.5. The van der Waals surface area contributed by atoms with Crippen molar-refractivity contribution in [3.05, 3.63) is 30.0 Å². The maximum atomic E-state index is 13.2. The van der Waals surface area contributed by atoms with Gasteiger partial charge in [-0.1, -0.05) is 32.1 Å². The van der Waals surface area contributed by atoms with Crippen LogP contribution in [-0.2, 0) is 20.1 Å². The van der Waals surface area contributed by atoms with Crippen LogP contribution >= 0.6 is 12.4 Å². The molecule has 1 amide bonds. The maximum Gasteiger partial charge on any atom is 0.357 e. The number of carbonyl (C=O) groups excluding carboxylic acids is 3. The fourth-order valence-electron chi connectivity index (χ4n) is 6.71. The predicted octanol–water partition coefficient (Wildman–Crippen LogP) is 4.53. The van der Waals surface area contributed by atoms with Gasteiger partial charge in [-0.3, -0.25) is 14.2 Å². The Bertz CT molecular complexity index is 1140. The van der Waals surface area contributed by atoms with E-state index >= 15 is 0 Å². The van der Waals surface area contributed by atoms with E-state index in [0.717, 1.165) is 36.7 Å². The Morgan fingerprint density at radius 3 is 2.68 bits per heavy atom. The van der Waals surface area contributed by atoms with Gasteiger partial charge in [0.15, 0.2) is 5.78 Å². The number of fused-ring (bicyclic) bond motifs is 4. The molecule has 1 spiro atoms. The van der Waals surface area contributed by atoms with Crippen molar-refractivity contribution in [2.75, 3.05) is 11.9 Å². The van der Waals surface area contributed by atoms with Crippen LogP contribution in [0.1, 0.15) is 74.7 Å². The number of benzene rings is 1. The molecular formula is C26H32ClN3O4. The molecule has 8 heteroatoms. The van der Waals surface area contributed by atoms with Crippen LogP contribution < -0.4 is 10.6 Å². The SMILES string of the molecule is Cl.O=C1OC2(CCCCC2=O)n2c1cc1cc(NC(=O)[C@H]3NCC[C@H]3C3CCCCC3)ccc12. The van der Waals surface area contributed by atoms with Crippen molar-refractivity contribution in [3.8, 4) is 0 Å². The Morgan fingerprint density at radius 1 is 1.06 bits per heavy atom. The number of esters is 1. The molecule has 4 aliphatic rings. The lowest BCUT2D eigenvalue weighted by Crippen LogP contribution is -2.43. The summed E-state index contributed by atoms with van der Waals surface area (Å²) in [6.45, 7) is 0.892. The molecule has 0 radical (unpaired) electrons. The Balaban J connectivity index is 0.00000241. The average Bonchev–Trinajstić information content (AvgIpc) is 3.52. The van der Waals surface area contributed by atoms with Gasteiger partial charge in [0.2, 0.25) is 11.6 Å². The summed E-state index contributed by atoms with van der Waals surface area (Å²) in [4.78, 5) is 38.6. The fourth-order valence-corrected chi connectivity index (χ4v) is 6.71. The molecule has 182 valence electrons. The summed E-state index contributed by atoms with van der Waals surface area (Å²) < 4.78 is 7.44. The summed E-state index contributed by atoms with van der Waals surface area (Å²) in [6.07, 6.45) is 10.0. The lowest BCUT2D eigenvalue weighted by Gasteiger charge is -2.32. The third-order valence-corrected chi connectivity index (χ3v) is 8.31. The summed E-state index contributed by atoms with van der Waals surface area (Å²) in [6, 6.07) is 7.28. The zero-order valence-corrected chi connectivity index (χ0v) is 20.1. The first-order valence-corrected chi connectivity index (χ1v) is 12.5. The number of hydrogen-bond acceptors (Lipinski definition) is 5. The molecule has 3 atom stereocenters. The highest BCUT2D eigenvalue weighted by Gasteiger charge is 2.52. The molecule has 1 saturated heterocycles. The van der Waals surface area contributed by atoms with E-state index in [4.69, 9.17) is 4.74 Å². The largest absolute Gasteiger partial charge is 0.426 e. The standard InChI is InChI=1S/C26H31N3O4.ClH/c30-22-8-4-5-12-26(22)29-20-10-9-18(14-17(20)15-21(29)25(32)33-26)28-24(31)23-19(11-13-27-23)16-6-2-1-3-7-16;/h9-10,14-16,19,23,27H,1-8,11-13H2,(H,28,31);1H/t19-,23-,26?;/m0./s1. The first kappa shape index (κ1) is 23.4. The third kappa shape index (κ3) is 3.64. The quantitative estimate of drug-likeness (QED) is 0.623. The Hall–Kier alpha value is -2.38. The molecule has 2 aliphatic heterocycles. The number of rotatable bonds is 3. The van der Waals surface area contributed by atoms with Crippen LogP contribution in [0.3, 0.4) is 0 Å². The number of anilines is 1. The van der Waals surface area contributed by atoms with Gasteiger partial charge in [-0.25, -0.2) is 4.79 Å². The molecule has 34 heavy (non-hydrogen) atoms. The van der Waals surface area contributed by atoms with Crippen molar-refractivity contribution in [2.24, 2.45) is 11.8 Å². The van der Waals surface area contributed by atoms with Gasteiger partial charge < -0.3 is 15.4 Å². The van der Waals surface area contributed by atoms with Crippen LogP contribution in [0, 0.1) is 11.8 Å². The van der Waals surface area contributed by atoms with E-state index in [1.54, 1.807) is 10.6 Å². The van der Waals surface area contributed by atoms with Gasteiger partial charge in [0, 0.05) is 23.9 Å². The average molecular weight is 486 g/mol. The second kappa shape index (κ2) is 9.00. The third-order valence-electron chi connectivity index (χ3n) is 8.31. The summed E-state index contributed by atoms with van der Waals surface area (Å²) >= 11 is 0. The van der Waals surface area contributed by atoms with Crippen molar-refractivity contribution in [3.63, 3.8) is 0 Å². The normalized spacial score (nSPS) is 29.2. The zero-order valence-electron chi connectivity index (χ0n) is 19.3. The molecule has 2 N–H and O–H groups in total. The van der Waals surface area contributed by atoms with E-state index < -0.39 is 11.7 Å². The van der Waals surface area contributed by atoms with Gasteiger partial charge in [-0.05, 0) is 61.9 Å². The smallest absolute Gasteiger partial charge is 0.357 e. The van der Waals surface area contributed by atoms with Gasteiger partial charge in [-0.15, -0.1) is 12.4 Å². The molecule has 1 aromatic heterocycles. The van der Waals surface area contributed by atoms with Gasteiger partial charge in [0.05, 0.1) is 11.6 Å². The van der Waals surface area contributed by atoms with E-state index in [1.165, 1.54) is 32.1 Å². The number of aromatic nitrogens is 1. The molecule has 6 rings (SSSR count). The van der Waals surface area contributed by atoms with Gasteiger partial charge in [0.1, 0.15) is 5.69 Å². The summed E-state index contributed by atoms with van der Waals surface area (Å²) in [5.74, 6) is 0.581. The minimum atomic E-state index is -1.20. The second-order valence-corrected chi connectivity index (χ2v) is 10.2. The van der Waals surface area contributed by atoms with Crippen LogP contribution in [0.4, 0.5) is 5.69 Å². The van der Waals surface area contributed by atoms with Gasteiger partial charge in [0.25, 0.3) is 0 Å². The number of carbonyl (C=O) groups is 3. The molecule has 2 saturated carbocycles. The van der Waals surface area contributed by atoms with Crippen LogP contribution in [0.25, 0.3) is 10.9 Å². The number of ether oxygens (including phenoxy) is 1. The van der Waals surface area contributed by atoms with Gasteiger partial charge in [-0.2, -0.15) is 0 Å². The number of nitrogens with one attached hydrogen (secondary N) is 2. The number of ketones is 1. The Morgan fingerprint density at radius 2 is 1.88 bits per heavy atom. The van der Waals surface area contributed by atoms with Gasteiger partial charge >= 0.3 is 5.97 Å². The molecular weight excluding hydrogens is 454 g/mol. The van der Waals surface area contributed by atoms with E-state index in [0.29, 0.717) is 36.1 Å². The molecule has 1 unspecified atom stereocenters. The van der Waals surface area contributed by atoms with Crippen LogP contribution in [0.15, 0.2) is 24.3 Å². The molecule has 0 bridgehead atoms. The lowest BCUT2D eigenvalue weighted by molar-refractivity contribution is -0.150. The van der Waals surface area contributed by atoms with Crippen LogP contribution in [0.5, 0.6) is 0 Å². The van der Waals surface area contributed by atoms with Crippen molar-refractivity contribution < 1.29 is 19.1 Å². The molecule has 3 fully saturated rings. The summed E-state index contributed by atoms with van der Waals surface area (Å²) in [7, 11) is 0. The number of amides is 1. The molecule has 7 nitrogen and oxygen atoms in total. The monoisotopic (exact) mass is 485 g/mol.